The second kappa shape index (κ2) is 7.44. The molecule has 1 unspecified atom stereocenters. The highest BCUT2D eigenvalue weighted by Crippen LogP contribution is 2.20. The van der Waals surface area contributed by atoms with Crippen LogP contribution >= 0.6 is 0 Å². The summed E-state index contributed by atoms with van der Waals surface area (Å²) in [5.74, 6) is 0.841. The quantitative estimate of drug-likeness (QED) is 0.692. The fourth-order valence-corrected chi connectivity index (χ4v) is 1.59. The summed E-state index contributed by atoms with van der Waals surface area (Å²) < 4.78 is 16.6. The van der Waals surface area contributed by atoms with Crippen LogP contribution in [0.25, 0.3) is 0 Å². The average Bonchev–Trinajstić information content (AvgIpc) is 2.79. The van der Waals surface area contributed by atoms with Crippen LogP contribution in [0.1, 0.15) is 32.6 Å². The number of likely N-dealkylation sites (N-methyl/N-ethyl adjacent to an activating group) is 1. The predicted octanol–water partition coefficient (Wildman–Crippen LogP) is 2.33. The van der Waals surface area contributed by atoms with Crippen molar-refractivity contribution < 1.29 is 13.9 Å². The van der Waals surface area contributed by atoms with Crippen LogP contribution in [-0.2, 0) is 9.47 Å². The van der Waals surface area contributed by atoms with Crippen molar-refractivity contribution in [3.63, 3.8) is 0 Å². The molecule has 92 valence electrons. The third-order valence-corrected chi connectivity index (χ3v) is 2.21. The highest BCUT2D eigenvalue weighted by atomic mass is 16.7. The average molecular weight is 227 g/mol. The number of hydrogen-bond acceptors (Lipinski definition) is 4. The molecule has 1 atom stereocenters. The molecule has 1 heterocycles. The van der Waals surface area contributed by atoms with Gasteiger partial charge in [0.1, 0.15) is 11.8 Å². The molecule has 0 aliphatic rings. The molecule has 0 aliphatic heterocycles. The lowest BCUT2D eigenvalue weighted by Crippen LogP contribution is -2.35. The molecule has 0 bridgehead atoms. The SMILES string of the molecule is CCNC(c1ccco1)C(OCC)OCC. The Morgan fingerprint density at radius 1 is 1.25 bits per heavy atom. The molecule has 4 nitrogen and oxygen atoms in total. The number of nitrogens with one attached hydrogen (secondary N) is 1. The van der Waals surface area contributed by atoms with Gasteiger partial charge in [0.2, 0.25) is 0 Å². The zero-order chi connectivity index (χ0) is 11.8. The molecule has 4 heteroatoms. The van der Waals surface area contributed by atoms with Crippen molar-refractivity contribution in [2.24, 2.45) is 0 Å². The molecule has 0 saturated heterocycles. The highest BCUT2D eigenvalue weighted by Gasteiger charge is 2.25. The third kappa shape index (κ3) is 3.63. The standard InChI is InChI=1S/C12H21NO3/c1-4-13-11(10-8-7-9-16-10)12(14-5-2)15-6-3/h7-9,11-13H,4-6H2,1-3H3. The van der Waals surface area contributed by atoms with E-state index in [1.54, 1.807) is 6.26 Å². The summed E-state index contributed by atoms with van der Waals surface area (Å²) in [6.45, 7) is 8.03. The second-order valence-corrected chi connectivity index (χ2v) is 3.33. The van der Waals surface area contributed by atoms with Crippen LogP contribution in [0.15, 0.2) is 22.8 Å². The fraction of sp³-hybridized carbons (Fsp3) is 0.667. The van der Waals surface area contributed by atoms with Crippen LogP contribution in [0, 0.1) is 0 Å². The molecular formula is C12H21NO3. The van der Waals surface area contributed by atoms with E-state index in [9.17, 15) is 0 Å². The smallest absolute Gasteiger partial charge is 0.179 e. The Morgan fingerprint density at radius 3 is 2.38 bits per heavy atom. The minimum absolute atomic E-state index is 0.0556. The molecule has 1 aromatic heterocycles. The summed E-state index contributed by atoms with van der Waals surface area (Å²) in [6, 6.07) is 3.74. The molecule has 0 spiro atoms. The normalized spacial score (nSPS) is 13.2. The minimum atomic E-state index is -0.305. The second-order valence-electron chi connectivity index (χ2n) is 3.33. The van der Waals surface area contributed by atoms with Crippen LogP contribution in [0.4, 0.5) is 0 Å². The molecule has 16 heavy (non-hydrogen) atoms. The molecule has 0 fully saturated rings. The van der Waals surface area contributed by atoms with Gasteiger partial charge in [0.15, 0.2) is 6.29 Å². The van der Waals surface area contributed by atoms with Crippen molar-refractivity contribution in [1.29, 1.82) is 0 Å². The summed E-state index contributed by atoms with van der Waals surface area (Å²) >= 11 is 0. The Bertz CT molecular complexity index is 255. The van der Waals surface area contributed by atoms with Crippen LogP contribution in [-0.4, -0.2) is 26.0 Å². The van der Waals surface area contributed by atoms with E-state index in [1.807, 2.05) is 32.9 Å². The number of rotatable bonds is 8. The Hall–Kier alpha value is -0.840. The van der Waals surface area contributed by atoms with E-state index in [0.29, 0.717) is 13.2 Å². The molecule has 0 amide bonds. The highest BCUT2D eigenvalue weighted by molar-refractivity contribution is 5.05. The summed E-state index contributed by atoms with van der Waals surface area (Å²) in [5.41, 5.74) is 0. The van der Waals surface area contributed by atoms with Crippen molar-refractivity contribution in [2.75, 3.05) is 19.8 Å². The molecule has 1 aromatic rings. The molecule has 1 N–H and O–H groups in total. The van der Waals surface area contributed by atoms with Crippen LogP contribution < -0.4 is 5.32 Å². The van der Waals surface area contributed by atoms with Gasteiger partial charge in [0.05, 0.1) is 6.26 Å². The first-order valence-electron chi connectivity index (χ1n) is 5.83. The van der Waals surface area contributed by atoms with Gasteiger partial charge in [-0.05, 0) is 32.5 Å². The monoisotopic (exact) mass is 227 g/mol. The summed E-state index contributed by atoms with van der Waals surface area (Å²) in [6.07, 6.45) is 1.36. The molecular weight excluding hydrogens is 206 g/mol. The van der Waals surface area contributed by atoms with E-state index in [-0.39, 0.29) is 12.3 Å². The van der Waals surface area contributed by atoms with Crippen molar-refractivity contribution >= 4 is 0 Å². The van der Waals surface area contributed by atoms with Gasteiger partial charge in [-0.3, -0.25) is 0 Å². The van der Waals surface area contributed by atoms with E-state index in [2.05, 4.69) is 5.32 Å². The Kier molecular flexibility index (Phi) is 6.15. The van der Waals surface area contributed by atoms with Gasteiger partial charge < -0.3 is 19.2 Å². The Labute approximate surface area is 96.9 Å². The zero-order valence-electron chi connectivity index (χ0n) is 10.2. The van der Waals surface area contributed by atoms with Gasteiger partial charge in [0.25, 0.3) is 0 Å². The first-order valence-corrected chi connectivity index (χ1v) is 5.83. The van der Waals surface area contributed by atoms with Crippen LogP contribution in [0.3, 0.4) is 0 Å². The maximum atomic E-state index is 5.58. The van der Waals surface area contributed by atoms with Crippen molar-refractivity contribution in [1.82, 2.24) is 5.32 Å². The molecule has 1 rings (SSSR count). The van der Waals surface area contributed by atoms with E-state index < -0.39 is 0 Å². The van der Waals surface area contributed by atoms with Crippen molar-refractivity contribution in [3.8, 4) is 0 Å². The van der Waals surface area contributed by atoms with E-state index >= 15 is 0 Å². The van der Waals surface area contributed by atoms with Crippen molar-refractivity contribution in [3.05, 3.63) is 24.2 Å². The van der Waals surface area contributed by atoms with Gasteiger partial charge in [0, 0.05) is 13.2 Å². The summed E-state index contributed by atoms with van der Waals surface area (Å²) in [4.78, 5) is 0. The van der Waals surface area contributed by atoms with E-state index in [4.69, 9.17) is 13.9 Å². The number of ether oxygens (including phenoxy) is 2. The van der Waals surface area contributed by atoms with E-state index in [1.165, 1.54) is 0 Å². The zero-order valence-corrected chi connectivity index (χ0v) is 10.2. The molecule has 0 radical (unpaired) electrons. The topological polar surface area (TPSA) is 43.6 Å². The maximum Gasteiger partial charge on any atom is 0.179 e. The van der Waals surface area contributed by atoms with Gasteiger partial charge in [-0.2, -0.15) is 0 Å². The first-order chi connectivity index (χ1) is 7.83. The fourth-order valence-electron chi connectivity index (χ4n) is 1.59. The summed E-state index contributed by atoms with van der Waals surface area (Å²) in [7, 11) is 0. The Balaban J connectivity index is 2.72. The third-order valence-electron chi connectivity index (χ3n) is 2.21. The molecule has 0 saturated carbocycles. The largest absolute Gasteiger partial charge is 0.467 e. The molecule has 0 aliphatic carbocycles. The minimum Gasteiger partial charge on any atom is -0.467 e. The van der Waals surface area contributed by atoms with Gasteiger partial charge in [-0.25, -0.2) is 0 Å². The van der Waals surface area contributed by atoms with Gasteiger partial charge >= 0.3 is 0 Å². The lowest BCUT2D eigenvalue weighted by molar-refractivity contribution is -0.157. The van der Waals surface area contributed by atoms with Crippen molar-refractivity contribution in [2.45, 2.75) is 33.1 Å². The first kappa shape index (κ1) is 13.2. The number of furan rings is 1. The lowest BCUT2D eigenvalue weighted by atomic mass is 10.2. The van der Waals surface area contributed by atoms with E-state index in [0.717, 1.165) is 12.3 Å². The Morgan fingerprint density at radius 2 is 1.94 bits per heavy atom. The predicted molar refractivity (Wildman–Crippen MR) is 62.2 cm³/mol. The lowest BCUT2D eigenvalue weighted by Gasteiger charge is -2.25. The van der Waals surface area contributed by atoms with Gasteiger partial charge in [-0.1, -0.05) is 6.92 Å². The summed E-state index contributed by atoms with van der Waals surface area (Å²) in [5, 5.41) is 3.31. The molecule has 0 aromatic carbocycles. The maximum absolute atomic E-state index is 5.58. The van der Waals surface area contributed by atoms with Gasteiger partial charge in [-0.15, -0.1) is 0 Å². The van der Waals surface area contributed by atoms with Crippen LogP contribution in [0.5, 0.6) is 0 Å². The number of hydrogen-bond donors (Lipinski definition) is 1. The van der Waals surface area contributed by atoms with Crippen LogP contribution in [0.2, 0.25) is 0 Å².